The van der Waals surface area contributed by atoms with Crippen molar-refractivity contribution >= 4 is 11.9 Å². The average Bonchev–Trinajstić information content (AvgIpc) is 3.13. The summed E-state index contributed by atoms with van der Waals surface area (Å²) in [7, 11) is 1.89. The van der Waals surface area contributed by atoms with Crippen molar-refractivity contribution < 1.29 is 14.3 Å². The lowest BCUT2D eigenvalue weighted by molar-refractivity contribution is -0.146. The monoisotopic (exact) mass is 318 g/mol. The zero-order chi connectivity index (χ0) is 16.4. The SMILES string of the molecule is C[C@@H]1C[C@H]1C(=O)OCC[C@@H]1CCCCN1C(=O)c1cccn1C. The van der Waals surface area contributed by atoms with Crippen LogP contribution in [-0.4, -0.2) is 40.5 Å². The molecule has 0 aromatic carbocycles. The fourth-order valence-corrected chi connectivity index (χ4v) is 3.45. The Bertz CT molecular complexity index is 581. The van der Waals surface area contributed by atoms with Gasteiger partial charge in [-0.15, -0.1) is 0 Å². The minimum Gasteiger partial charge on any atom is -0.465 e. The fraction of sp³-hybridized carbons (Fsp3) is 0.667. The lowest BCUT2D eigenvalue weighted by Gasteiger charge is -2.35. The zero-order valence-corrected chi connectivity index (χ0v) is 14.0. The Morgan fingerprint density at radius 2 is 2.13 bits per heavy atom. The Labute approximate surface area is 137 Å². The Hall–Kier alpha value is -1.78. The van der Waals surface area contributed by atoms with Crippen molar-refractivity contribution in [2.45, 2.75) is 45.1 Å². The molecule has 1 saturated heterocycles. The van der Waals surface area contributed by atoms with Gasteiger partial charge in [0.1, 0.15) is 5.69 Å². The normalized spacial score (nSPS) is 26.9. The number of likely N-dealkylation sites (tertiary alicyclic amines) is 1. The summed E-state index contributed by atoms with van der Waals surface area (Å²) in [5, 5.41) is 0. The maximum Gasteiger partial charge on any atom is 0.309 e. The summed E-state index contributed by atoms with van der Waals surface area (Å²) in [5.41, 5.74) is 0.723. The third-order valence-corrected chi connectivity index (χ3v) is 5.16. The lowest BCUT2D eigenvalue weighted by atomic mass is 9.99. The van der Waals surface area contributed by atoms with Crippen molar-refractivity contribution in [3.8, 4) is 0 Å². The van der Waals surface area contributed by atoms with Crippen LogP contribution in [0.5, 0.6) is 0 Å². The molecular weight excluding hydrogens is 292 g/mol. The third-order valence-electron chi connectivity index (χ3n) is 5.16. The number of piperidine rings is 1. The van der Waals surface area contributed by atoms with Gasteiger partial charge in [0, 0.05) is 32.3 Å². The van der Waals surface area contributed by atoms with Crippen molar-refractivity contribution in [1.29, 1.82) is 0 Å². The zero-order valence-electron chi connectivity index (χ0n) is 14.0. The van der Waals surface area contributed by atoms with Crippen LogP contribution in [0.2, 0.25) is 0 Å². The molecule has 0 N–H and O–H groups in total. The van der Waals surface area contributed by atoms with Gasteiger partial charge < -0.3 is 14.2 Å². The molecule has 1 saturated carbocycles. The summed E-state index contributed by atoms with van der Waals surface area (Å²) in [6, 6.07) is 3.93. The predicted molar refractivity (Wildman–Crippen MR) is 86.9 cm³/mol. The first-order chi connectivity index (χ1) is 11.1. The molecule has 2 heterocycles. The third kappa shape index (κ3) is 3.59. The van der Waals surface area contributed by atoms with Gasteiger partial charge in [-0.2, -0.15) is 0 Å². The van der Waals surface area contributed by atoms with E-state index in [1.54, 1.807) is 0 Å². The topological polar surface area (TPSA) is 51.5 Å². The minimum atomic E-state index is -0.0615. The number of ether oxygens (including phenoxy) is 1. The van der Waals surface area contributed by atoms with Crippen molar-refractivity contribution in [3.05, 3.63) is 24.0 Å². The quantitative estimate of drug-likeness (QED) is 0.784. The molecule has 1 amide bonds. The molecule has 5 nitrogen and oxygen atoms in total. The second-order valence-corrected chi connectivity index (χ2v) is 6.93. The van der Waals surface area contributed by atoms with E-state index in [4.69, 9.17) is 4.74 Å². The molecule has 126 valence electrons. The Kier molecular flexibility index (Phi) is 4.74. The van der Waals surface area contributed by atoms with E-state index in [1.807, 2.05) is 34.8 Å². The van der Waals surface area contributed by atoms with Gasteiger partial charge in [-0.05, 0) is 43.7 Å². The summed E-state index contributed by atoms with van der Waals surface area (Å²) < 4.78 is 7.26. The van der Waals surface area contributed by atoms with Gasteiger partial charge in [-0.1, -0.05) is 6.92 Å². The van der Waals surface area contributed by atoms with E-state index in [1.165, 1.54) is 0 Å². The highest BCUT2D eigenvalue weighted by Crippen LogP contribution is 2.38. The molecule has 1 aromatic heterocycles. The predicted octanol–water partition coefficient (Wildman–Crippen LogP) is 2.61. The first-order valence-corrected chi connectivity index (χ1v) is 8.67. The van der Waals surface area contributed by atoms with Crippen LogP contribution in [0.3, 0.4) is 0 Å². The van der Waals surface area contributed by atoms with Crippen LogP contribution in [0.25, 0.3) is 0 Å². The Morgan fingerprint density at radius 3 is 2.78 bits per heavy atom. The second kappa shape index (κ2) is 6.77. The van der Waals surface area contributed by atoms with Gasteiger partial charge in [0.05, 0.1) is 12.5 Å². The van der Waals surface area contributed by atoms with Crippen LogP contribution in [0.4, 0.5) is 0 Å². The molecule has 2 fully saturated rings. The smallest absolute Gasteiger partial charge is 0.309 e. The Morgan fingerprint density at radius 1 is 1.35 bits per heavy atom. The van der Waals surface area contributed by atoms with Crippen LogP contribution < -0.4 is 0 Å². The van der Waals surface area contributed by atoms with E-state index in [0.29, 0.717) is 12.5 Å². The number of aryl methyl sites for hydroxylation is 1. The van der Waals surface area contributed by atoms with E-state index in [0.717, 1.165) is 44.3 Å². The van der Waals surface area contributed by atoms with Crippen molar-refractivity contribution in [2.75, 3.05) is 13.2 Å². The molecule has 3 atom stereocenters. The van der Waals surface area contributed by atoms with E-state index in [9.17, 15) is 9.59 Å². The molecule has 5 heteroatoms. The molecular formula is C18H26N2O3. The highest BCUT2D eigenvalue weighted by molar-refractivity contribution is 5.93. The average molecular weight is 318 g/mol. The van der Waals surface area contributed by atoms with Crippen LogP contribution in [0, 0.1) is 11.8 Å². The van der Waals surface area contributed by atoms with Crippen molar-refractivity contribution in [1.82, 2.24) is 9.47 Å². The number of rotatable bonds is 5. The van der Waals surface area contributed by atoms with Crippen LogP contribution in [0.1, 0.15) is 49.5 Å². The molecule has 0 spiro atoms. The molecule has 1 aromatic rings. The molecule has 1 aliphatic carbocycles. The van der Waals surface area contributed by atoms with E-state index < -0.39 is 0 Å². The first kappa shape index (κ1) is 16.1. The molecule has 0 bridgehead atoms. The largest absolute Gasteiger partial charge is 0.465 e. The molecule has 0 unspecified atom stereocenters. The molecule has 0 radical (unpaired) electrons. The van der Waals surface area contributed by atoms with Crippen LogP contribution in [0.15, 0.2) is 18.3 Å². The van der Waals surface area contributed by atoms with E-state index in [-0.39, 0.29) is 23.8 Å². The number of nitrogens with zero attached hydrogens (tertiary/aromatic N) is 2. The summed E-state index contributed by atoms with van der Waals surface area (Å²) >= 11 is 0. The molecule has 3 rings (SSSR count). The highest BCUT2D eigenvalue weighted by atomic mass is 16.5. The van der Waals surface area contributed by atoms with Crippen LogP contribution >= 0.6 is 0 Å². The number of amides is 1. The van der Waals surface area contributed by atoms with Gasteiger partial charge in [0.25, 0.3) is 5.91 Å². The van der Waals surface area contributed by atoms with Gasteiger partial charge in [-0.25, -0.2) is 0 Å². The van der Waals surface area contributed by atoms with Crippen molar-refractivity contribution in [3.63, 3.8) is 0 Å². The molecule has 23 heavy (non-hydrogen) atoms. The van der Waals surface area contributed by atoms with Gasteiger partial charge in [0.15, 0.2) is 0 Å². The lowest BCUT2D eigenvalue weighted by Crippen LogP contribution is -2.44. The maximum atomic E-state index is 12.7. The summed E-state index contributed by atoms with van der Waals surface area (Å²) in [6.45, 7) is 3.29. The fourth-order valence-electron chi connectivity index (χ4n) is 3.45. The molecule has 2 aliphatic rings. The number of esters is 1. The number of carbonyl (C=O) groups excluding carboxylic acids is 2. The Balaban J connectivity index is 1.55. The summed E-state index contributed by atoms with van der Waals surface area (Å²) in [6.07, 6.45) is 6.77. The van der Waals surface area contributed by atoms with Crippen molar-refractivity contribution in [2.24, 2.45) is 18.9 Å². The first-order valence-electron chi connectivity index (χ1n) is 8.67. The number of carbonyl (C=O) groups is 2. The van der Waals surface area contributed by atoms with Gasteiger partial charge >= 0.3 is 5.97 Å². The maximum absolute atomic E-state index is 12.7. The minimum absolute atomic E-state index is 0.0615. The van der Waals surface area contributed by atoms with E-state index in [2.05, 4.69) is 6.92 Å². The summed E-state index contributed by atoms with van der Waals surface area (Å²) in [5.74, 6) is 0.619. The van der Waals surface area contributed by atoms with Crippen LogP contribution in [-0.2, 0) is 16.6 Å². The van der Waals surface area contributed by atoms with Gasteiger partial charge in [0.2, 0.25) is 0 Å². The van der Waals surface area contributed by atoms with E-state index >= 15 is 0 Å². The number of aromatic nitrogens is 1. The highest BCUT2D eigenvalue weighted by Gasteiger charge is 2.40. The van der Waals surface area contributed by atoms with Gasteiger partial charge in [-0.3, -0.25) is 9.59 Å². The number of hydrogen-bond acceptors (Lipinski definition) is 3. The second-order valence-electron chi connectivity index (χ2n) is 6.93. The molecule has 1 aliphatic heterocycles. The standard InChI is InChI=1S/C18H26N2O3/c1-13-12-15(13)18(22)23-11-8-14-6-3-4-10-20(14)17(21)16-7-5-9-19(16)2/h5,7,9,13-15H,3-4,6,8,10-12H2,1-2H3/t13-,14+,15-/m1/s1. The summed E-state index contributed by atoms with van der Waals surface area (Å²) in [4.78, 5) is 26.5. The number of hydrogen-bond donors (Lipinski definition) is 0.